The summed E-state index contributed by atoms with van der Waals surface area (Å²) in [7, 11) is 0. The van der Waals surface area contributed by atoms with Crippen molar-refractivity contribution in [3.05, 3.63) is 0 Å². The van der Waals surface area contributed by atoms with Gasteiger partial charge in [-0.2, -0.15) is 0 Å². The highest BCUT2D eigenvalue weighted by atomic mass is 16.2. The molecule has 0 fully saturated rings. The minimum atomic E-state index is -0.544. The van der Waals surface area contributed by atoms with Crippen molar-refractivity contribution in [1.29, 1.82) is 0 Å². The molecule has 1 atom stereocenters. The van der Waals surface area contributed by atoms with E-state index in [9.17, 15) is 4.79 Å². The Kier molecular flexibility index (Phi) is 2.80. The van der Waals surface area contributed by atoms with Crippen LogP contribution in [0.15, 0.2) is 0 Å². The molecule has 60 valence electrons. The van der Waals surface area contributed by atoms with Gasteiger partial charge in [0.15, 0.2) is 0 Å². The molecule has 0 aliphatic heterocycles. The van der Waals surface area contributed by atoms with Crippen molar-refractivity contribution in [3.63, 3.8) is 0 Å². The third-order valence-corrected chi connectivity index (χ3v) is 1.36. The fourth-order valence-electron chi connectivity index (χ4n) is 0.483. The lowest BCUT2D eigenvalue weighted by molar-refractivity contribution is -0.124. The second-order valence-corrected chi connectivity index (χ2v) is 3.35. The van der Waals surface area contributed by atoms with Crippen LogP contribution in [0, 0.1) is 5.41 Å². The van der Waals surface area contributed by atoms with Gasteiger partial charge in [-0.3, -0.25) is 10.2 Å². The molecule has 0 heterocycles. The van der Waals surface area contributed by atoms with Gasteiger partial charge < -0.3 is 5.73 Å². The van der Waals surface area contributed by atoms with Crippen molar-refractivity contribution in [1.82, 2.24) is 5.43 Å². The number of carbonyl (C=O) groups excluding carboxylic acids is 1. The number of nitrogens with one attached hydrogen (secondary N) is 1. The number of rotatable bonds is 1. The summed E-state index contributed by atoms with van der Waals surface area (Å²) in [6, 6.07) is -0.544. The summed E-state index contributed by atoms with van der Waals surface area (Å²) in [6.45, 7) is 5.65. The minimum Gasteiger partial charge on any atom is -0.319 e. The molecular formula is C6H15N3O. The lowest BCUT2D eigenvalue weighted by atomic mass is 9.87. The van der Waals surface area contributed by atoms with E-state index >= 15 is 0 Å². The van der Waals surface area contributed by atoms with Gasteiger partial charge in [0.25, 0.3) is 5.91 Å². The van der Waals surface area contributed by atoms with E-state index in [1.54, 1.807) is 0 Å². The largest absolute Gasteiger partial charge is 0.319 e. The SMILES string of the molecule is CC(C)(C)[C@H](N)C(=O)NN. The van der Waals surface area contributed by atoms with Gasteiger partial charge in [0.1, 0.15) is 0 Å². The van der Waals surface area contributed by atoms with Crippen molar-refractivity contribution in [2.75, 3.05) is 0 Å². The van der Waals surface area contributed by atoms with Gasteiger partial charge in [-0.25, -0.2) is 5.84 Å². The fraction of sp³-hybridized carbons (Fsp3) is 0.833. The van der Waals surface area contributed by atoms with E-state index in [4.69, 9.17) is 11.6 Å². The van der Waals surface area contributed by atoms with E-state index in [-0.39, 0.29) is 11.3 Å². The lowest BCUT2D eigenvalue weighted by Crippen LogP contribution is -2.50. The van der Waals surface area contributed by atoms with Gasteiger partial charge in [0.05, 0.1) is 6.04 Å². The van der Waals surface area contributed by atoms with Gasteiger partial charge in [-0.1, -0.05) is 20.8 Å². The highest BCUT2D eigenvalue weighted by Gasteiger charge is 2.26. The van der Waals surface area contributed by atoms with Crippen LogP contribution < -0.4 is 17.0 Å². The van der Waals surface area contributed by atoms with Gasteiger partial charge in [0.2, 0.25) is 0 Å². The second-order valence-electron chi connectivity index (χ2n) is 3.35. The predicted octanol–water partition coefficient (Wildman–Crippen LogP) is -0.650. The Bertz CT molecular complexity index is 127. The Balaban J connectivity index is 4.08. The standard InChI is InChI=1S/C6H15N3O/c1-6(2,3)4(7)5(10)9-8/h4H,7-8H2,1-3H3,(H,9,10)/t4-/m1/s1. The topological polar surface area (TPSA) is 81.1 Å². The molecule has 0 aromatic rings. The summed E-state index contributed by atoms with van der Waals surface area (Å²) in [5.41, 5.74) is 7.29. The summed E-state index contributed by atoms with van der Waals surface area (Å²) in [4.78, 5) is 10.8. The molecule has 0 saturated carbocycles. The Morgan fingerprint density at radius 1 is 1.50 bits per heavy atom. The number of carbonyl (C=O) groups is 1. The molecule has 5 N–H and O–H groups in total. The quantitative estimate of drug-likeness (QED) is 0.260. The molecule has 0 bridgehead atoms. The highest BCUT2D eigenvalue weighted by Crippen LogP contribution is 2.16. The maximum Gasteiger partial charge on any atom is 0.251 e. The Hall–Kier alpha value is -0.610. The molecule has 0 unspecified atom stereocenters. The van der Waals surface area contributed by atoms with Crippen LogP contribution >= 0.6 is 0 Å². The molecule has 0 spiro atoms. The Morgan fingerprint density at radius 3 is 2.00 bits per heavy atom. The smallest absolute Gasteiger partial charge is 0.251 e. The molecule has 4 heteroatoms. The summed E-state index contributed by atoms with van der Waals surface area (Å²) in [5.74, 6) is 4.56. The second kappa shape index (κ2) is 2.98. The third kappa shape index (κ3) is 2.33. The number of hydrogen-bond donors (Lipinski definition) is 3. The third-order valence-electron chi connectivity index (χ3n) is 1.36. The van der Waals surface area contributed by atoms with Crippen LogP contribution in [0.25, 0.3) is 0 Å². The van der Waals surface area contributed by atoms with Crippen molar-refractivity contribution in [2.24, 2.45) is 17.0 Å². The molecule has 0 aliphatic rings. The molecule has 4 nitrogen and oxygen atoms in total. The van der Waals surface area contributed by atoms with Crippen molar-refractivity contribution >= 4 is 5.91 Å². The molecule has 0 rings (SSSR count). The monoisotopic (exact) mass is 145 g/mol. The zero-order chi connectivity index (χ0) is 8.36. The predicted molar refractivity (Wildman–Crippen MR) is 39.8 cm³/mol. The first kappa shape index (κ1) is 9.39. The van der Waals surface area contributed by atoms with Crippen LogP contribution in [0.1, 0.15) is 20.8 Å². The maximum absolute atomic E-state index is 10.8. The van der Waals surface area contributed by atoms with E-state index in [0.29, 0.717) is 0 Å². The molecule has 1 amide bonds. The maximum atomic E-state index is 10.8. The summed E-state index contributed by atoms with van der Waals surface area (Å²) >= 11 is 0. The van der Waals surface area contributed by atoms with Crippen LogP contribution in [0.3, 0.4) is 0 Å². The number of hydrogen-bond acceptors (Lipinski definition) is 3. The van der Waals surface area contributed by atoms with Crippen LogP contribution in [0.5, 0.6) is 0 Å². The van der Waals surface area contributed by atoms with Crippen LogP contribution in [0.4, 0.5) is 0 Å². The van der Waals surface area contributed by atoms with Crippen molar-refractivity contribution in [3.8, 4) is 0 Å². The van der Waals surface area contributed by atoms with Gasteiger partial charge >= 0.3 is 0 Å². The first-order valence-corrected chi connectivity index (χ1v) is 3.15. The van der Waals surface area contributed by atoms with Crippen molar-refractivity contribution < 1.29 is 4.79 Å². The Labute approximate surface area is 60.9 Å². The first-order chi connectivity index (χ1) is 4.39. The van der Waals surface area contributed by atoms with E-state index in [2.05, 4.69) is 0 Å². The van der Waals surface area contributed by atoms with Gasteiger partial charge in [0, 0.05) is 0 Å². The minimum absolute atomic E-state index is 0.233. The van der Waals surface area contributed by atoms with Gasteiger partial charge in [-0.05, 0) is 5.41 Å². The number of hydrazine groups is 1. The lowest BCUT2D eigenvalue weighted by Gasteiger charge is -2.24. The number of nitrogens with two attached hydrogens (primary N) is 2. The fourth-order valence-corrected chi connectivity index (χ4v) is 0.483. The molecule has 10 heavy (non-hydrogen) atoms. The van der Waals surface area contributed by atoms with Crippen LogP contribution in [-0.2, 0) is 4.79 Å². The molecule has 0 aromatic heterocycles. The van der Waals surface area contributed by atoms with E-state index in [1.807, 2.05) is 26.2 Å². The summed E-state index contributed by atoms with van der Waals surface area (Å²) < 4.78 is 0. The molecule has 0 radical (unpaired) electrons. The van der Waals surface area contributed by atoms with E-state index in [0.717, 1.165) is 0 Å². The molecule has 0 saturated heterocycles. The zero-order valence-corrected chi connectivity index (χ0v) is 6.64. The average molecular weight is 145 g/mol. The van der Waals surface area contributed by atoms with E-state index < -0.39 is 6.04 Å². The Morgan fingerprint density at radius 2 is 1.90 bits per heavy atom. The molecule has 0 aromatic carbocycles. The zero-order valence-electron chi connectivity index (χ0n) is 6.64. The molecular weight excluding hydrogens is 130 g/mol. The average Bonchev–Trinajstić information content (AvgIpc) is 1.83. The van der Waals surface area contributed by atoms with Crippen LogP contribution in [0.2, 0.25) is 0 Å². The number of amides is 1. The first-order valence-electron chi connectivity index (χ1n) is 3.15. The normalized spacial score (nSPS) is 14.5. The molecule has 0 aliphatic carbocycles. The van der Waals surface area contributed by atoms with Crippen LogP contribution in [-0.4, -0.2) is 11.9 Å². The van der Waals surface area contributed by atoms with Crippen molar-refractivity contribution in [2.45, 2.75) is 26.8 Å². The highest BCUT2D eigenvalue weighted by molar-refractivity contribution is 5.81. The summed E-state index contributed by atoms with van der Waals surface area (Å²) in [6.07, 6.45) is 0. The summed E-state index contributed by atoms with van der Waals surface area (Å²) in [5, 5.41) is 0. The van der Waals surface area contributed by atoms with Gasteiger partial charge in [-0.15, -0.1) is 0 Å². The van der Waals surface area contributed by atoms with E-state index in [1.165, 1.54) is 0 Å².